The lowest BCUT2D eigenvalue weighted by molar-refractivity contribution is -0.131. The third-order valence-electron chi connectivity index (χ3n) is 3.92. The third kappa shape index (κ3) is 3.82. The van der Waals surface area contributed by atoms with Crippen LogP contribution in [0.4, 0.5) is 4.39 Å². The van der Waals surface area contributed by atoms with Gasteiger partial charge in [0, 0.05) is 30.9 Å². The van der Waals surface area contributed by atoms with Gasteiger partial charge in [-0.1, -0.05) is 0 Å². The number of carbonyl (C=O) groups excluding carboxylic acids is 1. The fourth-order valence-corrected chi connectivity index (χ4v) is 4.53. The van der Waals surface area contributed by atoms with Gasteiger partial charge in [-0.2, -0.15) is 0 Å². The van der Waals surface area contributed by atoms with Crippen LogP contribution in [0.2, 0.25) is 0 Å². The van der Waals surface area contributed by atoms with Crippen molar-refractivity contribution in [3.63, 3.8) is 0 Å². The van der Waals surface area contributed by atoms with Gasteiger partial charge in [0.15, 0.2) is 0 Å². The summed E-state index contributed by atoms with van der Waals surface area (Å²) in [6.07, 6.45) is 0.944. The van der Waals surface area contributed by atoms with Crippen LogP contribution in [0, 0.1) is 5.82 Å². The summed E-state index contributed by atoms with van der Waals surface area (Å²) in [6, 6.07) is 6.60. The summed E-state index contributed by atoms with van der Waals surface area (Å²) in [4.78, 5) is 15.3. The van der Waals surface area contributed by atoms with Gasteiger partial charge >= 0.3 is 0 Å². The SMILES string of the molecule is O=C(CCNS(=O)(=O)c1ccc(F)cc1)N1CCc2sccc2C1. The van der Waals surface area contributed by atoms with Gasteiger partial charge in [-0.3, -0.25) is 4.79 Å². The molecule has 24 heavy (non-hydrogen) atoms. The molecule has 8 heteroatoms. The average Bonchev–Trinajstić information content (AvgIpc) is 3.02. The van der Waals surface area contributed by atoms with E-state index in [-0.39, 0.29) is 23.8 Å². The van der Waals surface area contributed by atoms with E-state index in [9.17, 15) is 17.6 Å². The van der Waals surface area contributed by atoms with Crippen LogP contribution in [0.15, 0.2) is 40.6 Å². The van der Waals surface area contributed by atoms with Crippen LogP contribution in [-0.2, 0) is 27.8 Å². The normalized spacial score (nSPS) is 14.5. The van der Waals surface area contributed by atoms with E-state index in [0.29, 0.717) is 13.1 Å². The third-order valence-corrected chi connectivity index (χ3v) is 6.42. The highest BCUT2D eigenvalue weighted by Gasteiger charge is 2.22. The monoisotopic (exact) mass is 368 g/mol. The van der Waals surface area contributed by atoms with Crippen molar-refractivity contribution in [2.75, 3.05) is 13.1 Å². The molecule has 0 unspecified atom stereocenters. The van der Waals surface area contributed by atoms with Gasteiger partial charge in [-0.05, 0) is 47.7 Å². The van der Waals surface area contributed by atoms with E-state index in [4.69, 9.17) is 0 Å². The van der Waals surface area contributed by atoms with E-state index in [0.717, 1.165) is 18.6 Å². The largest absolute Gasteiger partial charge is 0.338 e. The summed E-state index contributed by atoms with van der Waals surface area (Å²) in [5.74, 6) is -0.573. The van der Waals surface area contributed by atoms with E-state index in [2.05, 4.69) is 4.72 Å². The summed E-state index contributed by atoms with van der Waals surface area (Å²) < 4.78 is 39.4. The topological polar surface area (TPSA) is 66.5 Å². The zero-order valence-corrected chi connectivity index (χ0v) is 14.5. The van der Waals surface area contributed by atoms with Crippen LogP contribution in [0.1, 0.15) is 16.9 Å². The second-order valence-corrected chi connectivity index (χ2v) is 8.30. The Hall–Kier alpha value is -1.77. The first-order valence-corrected chi connectivity index (χ1v) is 9.90. The molecule has 1 amide bonds. The highest BCUT2D eigenvalue weighted by molar-refractivity contribution is 7.89. The Morgan fingerprint density at radius 2 is 2.00 bits per heavy atom. The Balaban J connectivity index is 1.53. The molecule has 0 spiro atoms. The van der Waals surface area contributed by atoms with Crippen molar-refractivity contribution in [3.8, 4) is 0 Å². The number of hydrogen-bond acceptors (Lipinski definition) is 4. The van der Waals surface area contributed by atoms with Crippen LogP contribution in [0.5, 0.6) is 0 Å². The summed E-state index contributed by atoms with van der Waals surface area (Å²) in [5, 5.41) is 2.02. The summed E-state index contributed by atoms with van der Waals surface area (Å²) >= 11 is 1.70. The van der Waals surface area contributed by atoms with E-state index < -0.39 is 15.8 Å². The maximum absolute atomic E-state index is 12.9. The molecule has 0 atom stereocenters. The first-order valence-electron chi connectivity index (χ1n) is 7.54. The summed E-state index contributed by atoms with van der Waals surface area (Å²) in [5.41, 5.74) is 1.17. The minimum Gasteiger partial charge on any atom is -0.338 e. The van der Waals surface area contributed by atoms with Crippen molar-refractivity contribution < 1.29 is 17.6 Å². The molecule has 1 aliphatic heterocycles. The molecule has 5 nitrogen and oxygen atoms in total. The average molecular weight is 368 g/mol. The molecule has 0 saturated carbocycles. The van der Waals surface area contributed by atoms with E-state index >= 15 is 0 Å². The van der Waals surface area contributed by atoms with Gasteiger partial charge in [0.2, 0.25) is 15.9 Å². The number of carbonyl (C=O) groups is 1. The lowest BCUT2D eigenvalue weighted by Gasteiger charge is -2.27. The first kappa shape index (κ1) is 17.1. The molecule has 1 aliphatic rings. The van der Waals surface area contributed by atoms with Gasteiger partial charge in [-0.15, -0.1) is 11.3 Å². The fraction of sp³-hybridized carbons (Fsp3) is 0.312. The fourth-order valence-electron chi connectivity index (χ4n) is 2.61. The second-order valence-electron chi connectivity index (χ2n) is 5.54. The van der Waals surface area contributed by atoms with Gasteiger partial charge < -0.3 is 4.90 Å². The summed E-state index contributed by atoms with van der Waals surface area (Å²) in [6.45, 7) is 1.27. The number of nitrogens with one attached hydrogen (secondary N) is 1. The molecule has 2 aromatic rings. The molecule has 0 aliphatic carbocycles. The van der Waals surface area contributed by atoms with Crippen molar-refractivity contribution in [1.82, 2.24) is 9.62 Å². The Labute approximate surface area is 144 Å². The number of sulfonamides is 1. The van der Waals surface area contributed by atoms with Crippen molar-refractivity contribution in [3.05, 3.63) is 52.0 Å². The number of rotatable bonds is 5. The van der Waals surface area contributed by atoms with Gasteiger partial charge in [0.1, 0.15) is 5.82 Å². The van der Waals surface area contributed by atoms with Crippen LogP contribution >= 0.6 is 11.3 Å². The first-order chi connectivity index (χ1) is 11.5. The molecule has 1 aromatic heterocycles. The minimum atomic E-state index is -3.73. The lowest BCUT2D eigenvalue weighted by atomic mass is 10.1. The Kier molecular flexibility index (Phi) is 4.98. The Morgan fingerprint density at radius 3 is 2.75 bits per heavy atom. The zero-order chi connectivity index (χ0) is 17.2. The van der Waals surface area contributed by atoms with Gasteiger partial charge in [-0.25, -0.2) is 17.5 Å². The number of amides is 1. The van der Waals surface area contributed by atoms with E-state index in [1.807, 2.05) is 11.4 Å². The number of nitrogens with zero attached hydrogens (tertiary/aromatic N) is 1. The lowest BCUT2D eigenvalue weighted by Crippen LogP contribution is -2.37. The number of thiophene rings is 1. The van der Waals surface area contributed by atoms with Crippen LogP contribution < -0.4 is 4.72 Å². The van der Waals surface area contributed by atoms with Crippen molar-refractivity contribution in [1.29, 1.82) is 0 Å². The predicted octanol–water partition coefficient (Wildman–Crippen LogP) is 2.14. The molecular weight excluding hydrogens is 351 g/mol. The minimum absolute atomic E-state index is 0.0164. The smallest absolute Gasteiger partial charge is 0.240 e. The van der Waals surface area contributed by atoms with Gasteiger partial charge in [0.25, 0.3) is 0 Å². The quantitative estimate of drug-likeness (QED) is 0.879. The Morgan fingerprint density at radius 1 is 1.25 bits per heavy atom. The standard InChI is InChI=1S/C16H17FN2O3S2/c17-13-1-3-14(4-2-13)24(21,22)18-8-5-16(20)19-9-6-15-12(11-19)7-10-23-15/h1-4,7,10,18H,5-6,8-9,11H2. The molecule has 0 radical (unpaired) electrons. The number of halogens is 1. The molecule has 2 heterocycles. The van der Waals surface area contributed by atoms with Crippen molar-refractivity contribution in [2.45, 2.75) is 24.3 Å². The molecule has 128 valence electrons. The molecule has 3 rings (SSSR count). The molecule has 1 N–H and O–H groups in total. The van der Waals surface area contributed by atoms with Crippen molar-refractivity contribution >= 4 is 27.3 Å². The second kappa shape index (κ2) is 7.00. The molecule has 0 fully saturated rings. The van der Waals surface area contributed by atoms with E-state index in [1.165, 1.54) is 22.6 Å². The molecular formula is C16H17FN2O3S2. The molecule has 0 bridgehead atoms. The maximum Gasteiger partial charge on any atom is 0.240 e. The number of hydrogen-bond donors (Lipinski definition) is 1. The molecule has 0 saturated heterocycles. The molecule has 1 aromatic carbocycles. The number of benzene rings is 1. The maximum atomic E-state index is 12.9. The zero-order valence-electron chi connectivity index (χ0n) is 12.9. The highest BCUT2D eigenvalue weighted by Crippen LogP contribution is 2.24. The highest BCUT2D eigenvalue weighted by atomic mass is 32.2. The Bertz CT molecular complexity index is 831. The van der Waals surface area contributed by atoms with Crippen LogP contribution in [-0.4, -0.2) is 32.3 Å². The predicted molar refractivity (Wildman–Crippen MR) is 89.6 cm³/mol. The number of fused-ring (bicyclic) bond motifs is 1. The summed E-state index contributed by atoms with van der Waals surface area (Å²) in [7, 11) is -3.73. The van der Waals surface area contributed by atoms with Crippen LogP contribution in [0.3, 0.4) is 0 Å². The van der Waals surface area contributed by atoms with Crippen molar-refractivity contribution in [2.24, 2.45) is 0 Å². The van der Waals surface area contributed by atoms with E-state index in [1.54, 1.807) is 16.2 Å². The van der Waals surface area contributed by atoms with Gasteiger partial charge in [0.05, 0.1) is 4.90 Å². The van der Waals surface area contributed by atoms with Crippen LogP contribution in [0.25, 0.3) is 0 Å².